The van der Waals surface area contributed by atoms with Crippen LogP contribution in [0.25, 0.3) is 11.1 Å². The molecule has 7 nitrogen and oxygen atoms in total. The third-order valence-electron chi connectivity index (χ3n) is 3.41. The standard InChI is InChI=1S/C16H16N2O5S/c1-10-17-13-6-4-11(8-15(13)23-10)18-24(19,20)16-9-12(21-2)5-7-14(16)22-3/h4-9,18H,1-3H3. The lowest BCUT2D eigenvalue weighted by molar-refractivity contribution is 0.392. The Balaban J connectivity index is 2.00. The summed E-state index contributed by atoms with van der Waals surface area (Å²) in [5.74, 6) is 1.15. The lowest BCUT2D eigenvalue weighted by Gasteiger charge is -2.12. The Labute approximate surface area is 139 Å². The van der Waals surface area contributed by atoms with Crippen molar-refractivity contribution >= 4 is 26.8 Å². The highest BCUT2D eigenvalue weighted by atomic mass is 32.2. The van der Waals surface area contributed by atoms with E-state index < -0.39 is 10.0 Å². The first-order valence-electron chi connectivity index (χ1n) is 7.05. The molecule has 0 atom stereocenters. The number of sulfonamides is 1. The number of aromatic nitrogens is 1. The Morgan fingerprint density at radius 3 is 2.58 bits per heavy atom. The van der Waals surface area contributed by atoms with Crippen molar-refractivity contribution < 1.29 is 22.3 Å². The fourth-order valence-electron chi connectivity index (χ4n) is 2.31. The predicted molar refractivity (Wildman–Crippen MR) is 89.1 cm³/mol. The van der Waals surface area contributed by atoms with E-state index in [2.05, 4.69) is 9.71 Å². The number of hydrogen-bond acceptors (Lipinski definition) is 6. The molecule has 8 heteroatoms. The molecule has 0 spiro atoms. The van der Waals surface area contributed by atoms with Gasteiger partial charge in [0.2, 0.25) is 0 Å². The van der Waals surface area contributed by atoms with Gasteiger partial charge in [-0.25, -0.2) is 13.4 Å². The van der Waals surface area contributed by atoms with Crippen molar-refractivity contribution in [3.05, 3.63) is 42.3 Å². The second-order valence-corrected chi connectivity index (χ2v) is 6.69. The van der Waals surface area contributed by atoms with Gasteiger partial charge in [-0.2, -0.15) is 0 Å². The first kappa shape index (κ1) is 16.1. The lowest BCUT2D eigenvalue weighted by atomic mass is 10.3. The highest BCUT2D eigenvalue weighted by molar-refractivity contribution is 7.92. The minimum Gasteiger partial charge on any atom is -0.497 e. The Kier molecular flexibility index (Phi) is 4.06. The van der Waals surface area contributed by atoms with Crippen LogP contribution in [0.1, 0.15) is 5.89 Å². The fourth-order valence-corrected chi connectivity index (χ4v) is 3.54. The van der Waals surface area contributed by atoms with Crippen LogP contribution in [-0.4, -0.2) is 27.6 Å². The number of rotatable bonds is 5. The molecule has 2 aromatic carbocycles. The number of methoxy groups -OCH3 is 2. The van der Waals surface area contributed by atoms with E-state index in [1.807, 2.05) is 0 Å². The van der Waals surface area contributed by atoms with Gasteiger partial charge in [0.1, 0.15) is 21.9 Å². The zero-order valence-corrected chi connectivity index (χ0v) is 14.2. The van der Waals surface area contributed by atoms with Crippen LogP contribution in [0.4, 0.5) is 5.69 Å². The molecule has 1 aromatic heterocycles. The molecule has 0 aliphatic heterocycles. The topological polar surface area (TPSA) is 90.7 Å². The zero-order chi connectivity index (χ0) is 17.3. The molecule has 0 saturated carbocycles. The molecule has 3 aromatic rings. The number of aryl methyl sites for hydroxylation is 1. The molecule has 1 N–H and O–H groups in total. The van der Waals surface area contributed by atoms with E-state index in [9.17, 15) is 8.42 Å². The van der Waals surface area contributed by atoms with Gasteiger partial charge in [-0.1, -0.05) is 0 Å². The van der Waals surface area contributed by atoms with E-state index in [1.165, 1.54) is 26.4 Å². The highest BCUT2D eigenvalue weighted by Crippen LogP contribution is 2.30. The van der Waals surface area contributed by atoms with Gasteiger partial charge in [0.05, 0.1) is 19.9 Å². The maximum atomic E-state index is 12.7. The van der Waals surface area contributed by atoms with E-state index in [-0.39, 0.29) is 10.6 Å². The van der Waals surface area contributed by atoms with Gasteiger partial charge in [0.15, 0.2) is 11.5 Å². The second kappa shape index (κ2) is 6.04. The van der Waals surface area contributed by atoms with Crippen molar-refractivity contribution in [2.75, 3.05) is 18.9 Å². The van der Waals surface area contributed by atoms with Gasteiger partial charge >= 0.3 is 0 Å². The predicted octanol–water partition coefficient (Wildman–Crippen LogP) is 2.95. The molecule has 0 radical (unpaired) electrons. The number of oxazole rings is 1. The molecule has 3 rings (SSSR count). The Bertz CT molecular complexity index is 995. The number of fused-ring (bicyclic) bond motifs is 1. The van der Waals surface area contributed by atoms with Gasteiger partial charge in [-0.15, -0.1) is 0 Å². The molecule has 0 bridgehead atoms. The second-order valence-electron chi connectivity index (χ2n) is 5.04. The third kappa shape index (κ3) is 3.00. The fraction of sp³-hybridized carbons (Fsp3) is 0.188. The summed E-state index contributed by atoms with van der Waals surface area (Å²) in [6.07, 6.45) is 0. The van der Waals surface area contributed by atoms with E-state index in [0.717, 1.165) is 0 Å². The van der Waals surface area contributed by atoms with Crippen LogP contribution in [0.2, 0.25) is 0 Å². The summed E-state index contributed by atoms with van der Waals surface area (Å²) in [4.78, 5) is 4.16. The van der Waals surface area contributed by atoms with Gasteiger partial charge in [-0.05, 0) is 24.3 Å². The molecule has 126 valence electrons. The van der Waals surface area contributed by atoms with Gasteiger partial charge in [0, 0.05) is 19.1 Å². The van der Waals surface area contributed by atoms with Crippen molar-refractivity contribution in [1.29, 1.82) is 0 Å². The monoisotopic (exact) mass is 348 g/mol. The molecule has 0 fully saturated rings. The van der Waals surface area contributed by atoms with E-state index in [1.54, 1.807) is 31.2 Å². The highest BCUT2D eigenvalue weighted by Gasteiger charge is 2.21. The van der Waals surface area contributed by atoms with Crippen LogP contribution in [-0.2, 0) is 10.0 Å². The van der Waals surface area contributed by atoms with E-state index in [0.29, 0.717) is 28.4 Å². The molecule has 0 amide bonds. The minimum atomic E-state index is -3.87. The average molecular weight is 348 g/mol. The summed E-state index contributed by atoms with van der Waals surface area (Å²) < 4.78 is 43.6. The molecular formula is C16H16N2O5S. The summed E-state index contributed by atoms with van der Waals surface area (Å²) in [6.45, 7) is 1.73. The molecule has 0 aliphatic carbocycles. The first-order valence-corrected chi connectivity index (χ1v) is 8.53. The molecule has 0 unspecified atom stereocenters. The lowest BCUT2D eigenvalue weighted by Crippen LogP contribution is -2.14. The first-order chi connectivity index (χ1) is 11.4. The SMILES string of the molecule is COc1ccc(OC)c(S(=O)(=O)Nc2ccc3nc(C)oc3c2)c1. The van der Waals surface area contributed by atoms with Crippen LogP contribution >= 0.6 is 0 Å². The third-order valence-corrected chi connectivity index (χ3v) is 4.81. The average Bonchev–Trinajstić information content (AvgIpc) is 2.93. The number of nitrogens with one attached hydrogen (secondary N) is 1. The smallest absolute Gasteiger partial charge is 0.265 e. The molecular weight excluding hydrogens is 332 g/mol. The van der Waals surface area contributed by atoms with E-state index in [4.69, 9.17) is 13.9 Å². The van der Waals surface area contributed by atoms with Crippen molar-refractivity contribution in [2.45, 2.75) is 11.8 Å². The Hall–Kier alpha value is -2.74. The Morgan fingerprint density at radius 1 is 1.08 bits per heavy atom. The molecule has 1 heterocycles. The van der Waals surface area contributed by atoms with Gasteiger partial charge < -0.3 is 13.9 Å². The normalized spacial score (nSPS) is 11.5. The summed E-state index contributed by atoms with van der Waals surface area (Å²) in [6, 6.07) is 9.45. The summed E-state index contributed by atoms with van der Waals surface area (Å²) in [7, 11) is -0.997. The zero-order valence-electron chi connectivity index (χ0n) is 13.4. The van der Waals surface area contributed by atoms with Gasteiger partial charge in [0.25, 0.3) is 10.0 Å². The van der Waals surface area contributed by atoms with Crippen molar-refractivity contribution in [3.8, 4) is 11.5 Å². The number of benzene rings is 2. The van der Waals surface area contributed by atoms with Crippen LogP contribution in [0, 0.1) is 6.92 Å². The number of nitrogens with zero attached hydrogens (tertiary/aromatic N) is 1. The van der Waals surface area contributed by atoms with Crippen LogP contribution in [0.3, 0.4) is 0 Å². The van der Waals surface area contributed by atoms with Crippen LogP contribution < -0.4 is 14.2 Å². The summed E-state index contributed by atoms with van der Waals surface area (Å²) in [5, 5.41) is 0. The van der Waals surface area contributed by atoms with E-state index >= 15 is 0 Å². The summed E-state index contributed by atoms with van der Waals surface area (Å²) in [5.41, 5.74) is 1.53. The van der Waals surface area contributed by atoms with Crippen LogP contribution in [0.15, 0.2) is 45.7 Å². The number of anilines is 1. The molecule has 0 aliphatic rings. The summed E-state index contributed by atoms with van der Waals surface area (Å²) >= 11 is 0. The minimum absolute atomic E-state index is 0.0156. The molecule has 24 heavy (non-hydrogen) atoms. The maximum Gasteiger partial charge on any atom is 0.265 e. The molecule has 0 saturated heterocycles. The van der Waals surface area contributed by atoms with Crippen molar-refractivity contribution in [2.24, 2.45) is 0 Å². The van der Waals surface area contributed by atoms with Gasteiger partial charge in [-0.3, -0.25) is 4.72 Å². The van der Waals surface area contributed by atoms with Crippen molar-refractivity contribution in [1.82, 2.24) is 4.98 Å². The number of ether oxygens (including phenoxy) is 2. The van der Waals surface area contributed by atoms with Crippen LogP contribution in [0.5, 0.6) is 11.5 Å². The van der Waals surface area contributed by atoms with Crippen molar-refractivity contribution in [3.63, 3.8) is 0 Å². The largest absolute Gasteiger partial charge is 0.497 e. The Morgan fingerprint density at radius 2 is 1.88 bits per heavy atom. The number of hydrogen-bond donors (Lipinski definition) is 1. The maximum absolute atomic E-state index is 12.7. The quantitative estimate of drug-likeness (QED) is 0.762.